The number of carbonyl (C=O) groups excluding carboxylic acids is 1. The fourth-order valence-electron chi connectivity index (χ4n) is 1.71. The van der Waals surface area contributed by atoms with Gasteiger partial charge in [0.05, 0.1) is 6.04 Å². The Hall–Kier alpha value is -1.31. The van der Waals surface area contributed by atoms with E-state index in [1.54, 1.807) is 0 Å². The van der Waals surface area contributed by atoms with Gasteiger partial charge < -0.3 is 5.32 Å². The predicted octanol–water partition coefficient (Wildman–Crippen LogP) is 2.66. The number of benzene rings is 1. The maximum absolute atomic E-state index is 11.6. The smallest absolute Gasteiger partial charge is 0.220 e. The van der Waals surface area contributed by atoms with Gasteiger partial charge in [0.25, 0.3) is 0 Å². The van der Waals surface area contributed by atoms with E-state index >= 15 is 0 Å². The van der Waals surface area contributed by atoms with Crippen LogP contribution in [0.15, 0.2) is 30.3 Å². The van der Waals surface area contributed by atoms with E-state index in [1.165, 1.54) is 18.4 Å². The van der Waals surface area contributed by atoms with Gasteiger partial charge in [-0.3, -0.25) is 4.79 Å². The molecule has 1 aromatic carbocycles. The van der Waals surface area contributed by atoms with Gasteiger partial charge in [0.15, 0.2) is 0 Å². The van der Waals surface area contributed by atoms with Crippen LogP contribution in [0.4, 0.5) is 0 Å². The molecule has 1 aliphatic carbocycles. The minimum absolute atomic E-state index is 0.123. The first kappa shape index (κ1) is 10.2. The molecule has 1 aromatic rings. The van der Waals surface area contributed by atoms with Gasteiger partial charge in [0.2, 0.25) is 5.91 Å². The van der Waals surface area contributed by atoms with E-state index in [1.807, 2.05) is 37.3 Å². The van der Waals surface area contributed by atoms with E-state index in [4.69, 9.17) is 0 Å². The average Bonchev–Trinajstić information content (AvgIpc) is 3.03. The molecule has 0 spiro atoms. The number of hydrogen-bond donors (Lipinski definition) is 1. The lowest BCUT2D eigenvalue weighted by Crippen LogP contribution is -2.26. The van der Waals surface area contributed by atoms with Crippen molar-refractivity contribution in [2.75, 3.05) is 0 Å². The van der Waals surface area contributed by atoms with Crippen LogP contribution in [0.25, 0.3) is 0 Å². The van der Waals surface area contributed by atoms with Gasteiger partial charge in [0.1, 0.15) is 0 Å². The van der Waals surface area contributed by atoms with Gasteiger partial charge in [-0.15, -0.1) is 0 Å². The van der Waals surface area contributed by atoms with Crippen LogP contribution in [-0.4, -0.2) is 5.91 Å². The summed E-state index contributed by atoms with van der Waals surface area (Å²) >= 11 is 0. The highest BCUT2D eigenvalue weighted by atomic mass is 16.1. The van der Waals surface area contributed by atoms with Crippen LogP contribution in [0.3, 0.4) is 0 Å². The highest BCUT2D eigenvalue weighted by molar-refractivity contribution is 5.76. The topological polar surface area (TPSA) is 29.1 Å². The zero-order valence-corrected chi connectivity index (χ0v) is 9.07. The third-order valence-corrected chi connectivity index (χ3v) is 2.85. The number of amides is 1. The van der Waals surface area contributed by atoms with Crippen molar-refractivity contribution in [3.8, 4) is 0 Å². The van der Waals surface area contributed by atoms with Crippen molar-refractivity contribution in [1.82, 2.24) is 5.32 Å². The molecule has 2 nitrogen and oxygen atoms in total. The zero-order chi connectivity index (χ0) is 10.7. The Bertz CT molecular complexity index is 330. The van der Waals surface area contributed by atoms with Gasteiger partial charge in [-0.25, -0.2) is 0 Å². The number of carbonyl (C=O) groups is 1. The summed E-state index contributed by atoms with van der Waals surface area (Å²) in [7, 11) is 0. The second-order valence-electron chi connectivity index (χ2n) is 4.35. The first-order chi connectivity index (χ1) is 7.25. The van der Waals surface area contributed by atoms with Crippen LogP contribution in [0.2, 0.25) is 0 Å². The zero-order valence-electron chi connectivity index (χ0n) is 9.07. The molecule has 0 aromatic heterocycles. The second kappa shape index (κ2) is 4.47. The summed E-state index contributed by atoms with van der Waals surface area (Å²) < 4.78 is 0. The molecule has 2 rings (SSSR count). The number of rotatable bonds is 4. The lowest BCUT2D eigenvalue weighted by Gasteiger charge is -2.13. The monoisotopic (exact) mass is 203 g/mol. The van der Waals surface area contributed by atoms with Gasteiger partial charge in [-0.2, -0.15) is 0 Å². The Morgan fingerprint density at radius 1 is 1.40 bits per heavy atom. The molecule has 1 amide bonds. The third-order valence-electron chi connectivity index (χ3n) is 2.85. The maximum atomic E-state index is 11.6. The van der Waals surface area contributed by atoms with E-state index in [-0.39, 0.29) is 11.9 Å². The summed E-state index contributed by atoms with van der Waals surface area (Å²) in [4.78, 5) is 11.6. The molecule has 15 heavy (non-hydrogen) atoms. The van der Waals surface area contributed by atoms with Crippen molar-refractivity contribution in [3.63, 3.8) is 0 Å². The van der Waals surface area contributed by atoms with Gasteiger partial charge >= 0.3 is 0 Å². The van der Waals surface area contributed by atoms with Crippen LogP contribution in [0.5, 0.6) is 0 Å². The highest BCUT2D eigenvalue weighted by Gasteiger charge is 2.24. The average molecular weight is 203 g/mol. The van der Waals surface area contributed by atoms with Crippen LogP contribution in [-0.2, 0) is 4.79 Å². The van der Waals surface area contributed by atoms with Crippen molar-refractivity contribution < 1.29 is 4.79 Å². The van der Waals surface area contributed by atoms with E-state index in [0.717, 1.165) is 0 Å². The van der Waals surface area contributed by atoms with Crippen molar-refractivity contribution >= 4 is 5.91 Å². The van der Waals surface area contributed by atoms with E-state index in [0.29, 0.717) is 12.3 Å². The maximum Gasteiger partial charge on any atom is 0.220 e. The summed E-state index contributed by atoms with van der Waals surface area (Å²) in [6.45, 7) is 2.03. The molecule has 1 aliphatic rings. The minimum atomic E-state index is 0.123. The Kier molecular flexibility index (Phi) is 3.05. The van der Waals surface area contributed by atoms with Crippen LogP contribution < -0.4 is 5.32 Å². The Morgan fingerprint density at radius 3 is 2.67 bits per heavy atom. The molecule has 0 aliphatic heterocycles. The normalized spacial score (nSPS) is 17.1. The fraction of sp³-hybridized carbons (Fsp3) is 0.462. The summed E-state index contributed by atoms with van der Waals surface area (Å²) in [6, 6.07) is 10.2. The second-order valence-corrected chi connectivity index (χ2v) is 4.35. The number of nitrogens with one attached hydrogen (secondary N) is 1. The van der Waals surface area contributed by atoms with E-state index in [9.17, 15) is 4.79 Å². The van der Waals surface area contributed by atoms with Gasteiger partial charge in [0, 0.05) is 6.42 Å². The molecular formula is C13H17NO. The third kappa shape index (κ3) is 3.08. The molecule has 2 heteroatoms. The summed E-state index contributed by atoms with van der Waals surface area (Å²) in [5.41, 5.74) is 1.17. The van der Waals surface area contributed by atoms with Crippen molar-refractivity contribution in [2.24, 2.45) is 5.92 Å². The van der Waals surface area contributed by atoms with Crippen molar-refractivity contribution in [2.45, 2.75) is 32.2 Å². The highest BCUT2D eigenvalue weighted by Crippen LogP contribution is 2.32. The quantitative estimate of drug-likeness (QED) is 0.800. The largest absolute Gasteiger partial charge is 0.350 e. The molecule has 1 saturated carbocycles. The number of hydrogen-bond acceptors (Lipinski definition) is 1. The first-order valence-corrected chi connectivity index (χ1v) is 5.60. The van der Waals surface area contributed by atoms with E-state index in [2.05, 4.69) is 5.32 Å². The Morgan fingerprint density at radius 2 is 2.07 bits per heavy atom. The van der Waals surface area contributed by atoms with Crippen LogP contribution in [0.1, 0.15) is 37.8 Å². The van der Waals surface area contributed by atoms with Gasteiger partial charge in [-0.05, 0) is 31.2 Å². The van der Waals surface area contributed by atoms with E-state index < -0.39 is 0 Å². The molecule has 0 saturated heterocycles. The van der Waals surface area contributed by atoms with Crippen molar-refractivity contribution in [1.29, 1.82) is 0 Å². The molecule has 1 fully saturated rings. The Balaban J connectivity index is 1.85. The molecule has 0 bridgehead atoms. The summed E-state index contributed by atoms with van der Waals surface area (Å²) in [5, 5.41) is 3.03. The molecule has 0 heterocycles. The van der Waals surface area contributed by atoms with Crippen LogP contribution in [0, 0.1) is 5.92 Å². The lowest BCUT2D eigenvalue weighted by atomic mass is 10.1. The molecular weight excluding hydrogens is 186 g/mol. The predicted molar refractivity (Wildman–Crippen MR) is 60.3 cm³/mol. The lowest BCUT2D eigenvalue weighted by molar-refractivity contribution is -0.122. The van der Waals surface area contributed by atoms with Crippen molar-refractivity contribution in [3.05, 3.63) is 35.9 Å². The molecule has 0 radical (unpaired) electrons. The molecule has 1 atom stereocenters. The SMILES string of the molecule is CC(NC(=O)CC1CC1)c1ccccc1. The Labute approximate surface area is 90.7 Å². The summed E-state index contributed by atoms with van der Waals surface area (Å²) in [5.74, 6) is 0.849. The molecule has 80 valence electrons. The first-order valence-electron chi connectivity index (χ1n) is 5.60. The minimum Gasteiger partial charge on any atom is -0.350 e. The molecule has 1 unspecified atom stereocenters. The fourth-order valence-corrected chi connectivity index (χ4v) is 1.71. The standard InChI is InChI=1S/C13H17NO/c1-10(12-5-3-2-4-6-12)14-13(15)9-11-7-8-11/h2-6,10-11H,7-9H2,1H3,(H,14,15). The van der Waals surface area contributed by atoms with Crippen LogP contribution >= 0.6 is 0 Å². The molecule has 1 N–H and O–H groups in total. The summed E-state index contributed by atoms with van der Waals surface area (Å²) in [6.07, 6.45) is 3.16. The van der Waals surface area contributed by atoms with Gasteiger partial charge in [-0.1, -0.05) is 30.3 Å².